The Kier molecular flexibility index (Phi) is 3.83. The fraction of sp³-hybridized carbons (Fsp3) is 0.357. The maximum absolute atomic E-state index is 13.5. The second-order valence-corrected chi connectivity index (χ2v) is 4.80. The molecule has 0 bridgehead atoms. The first-order valence-corrected chi connectivity index (χ1v) is 6.20. The van der Waals surface area contributed by atoms with E-state index in [1.54, 1.807) is 0 Å². The van der Waals surface area contributed by atoms with Gasteiger partial charge in [-0.15, -0.1) is 0 Å². The summed E-state index contributed by atoms with van der Waals surface area (Å²) in [5, 5.41) is 3.04. The smallest absolute Gasteiger partial charge is 0.203 e. The minimum atomic E-state index is -0.443. The Morgan fingerprint density at radius 3 is 2.74 bits per heavy atom. The molecule has 0 saturated carbocycles. The van der Waals surface area contributed by atoms with Gasteiger partial charge in [-0.3, -0.25) is 0 Å². The molecule has 1 aromatic carbocycles. The van der Waals surface area contributed by atoms with Gasteiger partial charge in [0.15, 0.2) is 0 Å². The Labute approximate surface area is 111 Å². The van der Waals surface area contributed by atoms with Gasteiger partial charge in [0.1, 0.15) is 11.6 Å². The van der Waals surface area contributed by atoms with Crippen LogP contribution < -0.4 is 5.32 Å². The summed E-state index contributed by atoms with van der Waals surface area (Å²) in [5.41, 5.74) is 1.17. The largest absolute Gasteiger partial charge is 0.351 e. The molecule has 0 atom stereocenters. The zero-order chi connectivity index (χ0) is 14.0. The third kappa shape index (κ3) is 3.10. The number of aromatic nitrogens is 2. The lowest BCUT2D eigenvalue weighted by molar-refractivity contribution is 0.584. The molecule has 3 nitrogen and oxygen atoms in total. The van der Waals surface area contributed by atoms with Gasteiger partial charge in [0.2, 0.25) is 5.95 Å². The van der Waals surface area contributed by atoms with Gasteiger partial charge in [-0.1, -0.05) is 0 Å². The number of nitrogens with zero attached hydrogens (tertiary/aromatic N) is 2. The standard InChI is InChI=1S/C14H17F2N3/c1-9(2)19-8-10(3)18-14(19)17-7-11-6-12(15)4-5-13(11)16/h4-6,8-9H,7H2,1-3H3,(H,17,18). The fourth-order valence-corrected chi connectivity index (χ4v) is 1.89. The van der Waals surface area contributed by atoms with Gasteiger partial charge in [0.25, 0.3) is 0 Å². The highest BCUT2D eigenvalue weighted by molar-refractivity contribution is 5.32. The van der Waals surface area contributed by atoms with Crippen LogP contribution in [0.2, 0.25) is 0 Å². The molecule has 5 heteroatoms. The third-order valence-corrected chi connectivity index (χ3v) is 2.85. The van der Waals surface area contributed by atoms with Crippen molar-refractivity contribution in [1.29, 1.82) is 0 Å². The van der Waals surface area contributed by atoms with Gasteiger partial charge in [0.05, 0.1) is 5.69 Å². The molecule has 0 aliphatic rings. The lowest BCUT2D eigenvalue weighted by Gasteiger charge is -2.13. The number of halogens is 2. The van der Waals surface area contributed by atoms with Crippen LogP contribution in [0.1, 0.15) is 31.1 Å². The predicted molar refractivity (Wildman–Crippen MR) is 71.0 cm³/mol. The number of hydrogen-bond donors (Lipinski definition) is 1. The number of benzene rings is 1. The summed E-state index contributed by atoms with van der Waals surface area (Å²) in [7, 11) is 0. The van der Waals surface area contributed by atoms with E-state index in [9.17, 15) is 8.78 Å². The van der Waals surface area contributed by atoms with Crippen molar-refractivity contribution in [3.8, 4) is 0 Å². The molecule has 0 amide bonds. The number of nitrogens with one attached hydrogen (secondary N) is 1. The van der Waals surface area contributed by atoms with E-state index in [0.717, 1.165) is 17.8 Å². The van der Waals surface area contributed by atoms with Crippen LogP contribution >= 0.6 is 0 Å². The maximum atomic E-state index is 13.5. The zero-order valence-corrected chi connectivity index (χ0v) is 11.2. The average molecular weight is 265 g/mol. The van der Waals surface area contributed by atoms with Gasteiger partial charge in [-0.25, -0.2) is 13.8 Å². The van der Waals surface area contributed by atoms with E-state index in [-0.39, 0.29) is 18.2 Å². The predicted octanol–water partition coefficient (Wildman–Crippen LogP) is 3.66. The van der Waals surface area contributed by atoms with Gasteiger partial charge in [-0.05, 0) is 39.0 Å². The SMILES string of the molecule is Cc1cn(C(C)C)c(NCc2cc(F)ccc2F)n1. The van der Waals surface area contributed by atoms with Crippen LogP contribution in [0.15, 0.2) is 24.4 Å². The molecular formula is C14H17F2N3. The van der Waals surface area contributed by atoms with Crippen LogP contribution in [0.3, 0.4) is 0 Å². The number of rotatable bonds is 4. The van der Waals surface area contributed by atoms with E-state index < -0.39 is 11.6 Å². The molecule has 1 N–H and O–H groups in total. The Morgan fingerprint density at radius 1 is 1.32 bits per heavy atom. The Morgan fingerprint density at radius 2 is 2.05 bits per heavy atom. The van der Waals surface area contributed by atoms with Crippen molar-refractivity contribution < 1.29 is 8.78 Å². The number of imidazole rings is 1. The second kappa shape index (κ2) is 5.38. The fourth-order valence-electron chi connectivity index (χ4n) is 1.89. The summed E-state index contributed by atoms with van der Waals surface area (Å²) in [6.45, 7) is 6.17. The van der Waals surface area contributed by atoms with Crippen LogP contribution in [0.5, 0.6) is 0 Å². The third-order valence-electron chi connectivity index (χ3n) is 2.85. The van der Waals surface area contributed by atoms with E-state index in [4.69, 9.17) is 0 Å². The highest BCUT2D eigenvalue weighted by Gasteiger charge is 2.09. The maximum Gasteiger partial charge on any atom is 0.203 e. The zero-order valence-electron chi connectivity index (χ0n) is 11.2. The average Bonchev–Trinajstić information content (AvgIpc) is 2.72. The van der Waals surface area contributed by atoms with Crippen molar-refractivity contribution in [1.82, 2.24) is 9.55 Å². The summed E-state index contributed by atoms with van der Waals surface area (Å²) < 4.78 is 28.5. The van der Waals surface area contributed by atoms with E-state index in [1.165, 1.54) is 6.07 Å². The molecule has 0 fully saturated rings. The van der Waals surface area contributed by atoms with E-state index in [0.29, 0.717) is 5.95 Å². The van der Waals surface area contributed by atoms with Crippen molar-refractivity contribution in [2.75, 3.05) is 5.32 Å². The van der Waals surface area contributed by atoms with Crippen LogP contribution in [0, 0.1) is 18.6 Å². The summed E-state index contributed by atoms with van der Waals surface area (Å²) in [5.74, 6) is -0.203. The van der Waals surface area contributed by atoms with E-state index in [2.05, 4.69) is 10.3 Å². The molecule has 2 rings (SSSR count). The Balaban J connectivity index is 2.16. The van der Waals surface area contributed by atoms with E-state index >= 15 is 0 Å². The molecule has 0 spiro atoms. The first-order chi connectivity index (χ1) is 8.97. The first-order valence-electron chi connectivity index (χ1n) is 6.20. The Hall–Kier alpha value is -1.91. The number of anilines is 1. The van der Waals surface area contributed by atoms with Crippen molar-refractivity contribution in [2.45, 2.75) is 33.4 Å². The number of aryl methyl sites for hydroxylation is 1. The summed E-state index contributed by atoms with van der Waals surface area (Å²) >= 11 is 0. The van der Waals surface area contributed by atoms with Gasteiger partial charge >= 0.3 is 0 Å². The molecule has 19 heavy (non-hydrogen) atoms. The lowest BCUT2D eigenvalue weighted by Crippen LogP contribution is -2.09. The molecule has 102 valence electrons. The molecule has 0 unspecified atom stereocenters. The highest BCUT2D eigenvalue weighted by atomic mass is 19.1. The molecule has 0 aliphatic heterocycles. The normalized spacial score (nSPS) is 11.1. The van der Waals surface area contributed by atoms with Crippen LogP contribution in [-0.4, -0.2) is 9.55 Å². The van der Waals surface area contributed by atoms with Crippen molar-refractivity contribution in [3.63, 3.8) is 0 Å². The molecule has 1 heterocycles. The molecular weight excluding hydrogens is 248 g/mol. The summed E-state index contributed by atoms with van der Waals surface area (Å²) in [4.78, 5) is 4.33. The topological polar surface area (TPSA) is 29.9 Å². The molecule has 0 saturated heterocycles. The highest BCUT2D eigenvalue weighted by Crippen LogP contribution is 2.17. The quantitative estimate of drug-likeness (QED) is 0.914. The Bertz CT molecular complexity index is 576. The lowest BCUT2D eigenvalue weighted by atomic mass is 10.2. The monoisotopic (exact) mass is 265 g/mol. The van der Waals surface area contributed by atoms with Gasteiger partial charge in [0, 0.05) is 24.3 Å². The summed E-state index contributed by atoms with van der Waals surface area (Å²) in [6.07, 6.45) is 1.93. The molecule has 2 aromatic rings. The van der Waals surface area contributed by atoms with Crippen LogP contribution in [-0.2, 0) is 6.54 Å². The van der Waals surface area contributed by atoms with Crippen molar-refractivity contribution in [3.05, 3.63) is 47.3 Å². The van der Waals surface area contributed by atoms with Crippen molar-refractivity contribution in [2.24, 2.45) is 0 Å². The molecule has 0 aliphatic carbocycles. The van der Waals surface area contributed by atoms with Crippen LogP contribution in [0.4, 0.5) is 14.7 Å². The minimum absolute atomic E-state index is 0.201. The van der Waals surface area contributed by atoms with Gasteiger partial charge < -0.3 is 9.88 Å². The molecule has 1 aromatic heterocycles. The van der Waals surface area contributed by atoms with Crippen LogP contribution in [0.25, 0.3) is 0 Å². The summed E-state index contributed by atoms with van der Waals surface area (Å²) in [6, 6.07) is 3.68. The van der Waals surface area contributed by atoms with Gasteiger partial charge in [-0.2, -0.15) is 0 Å². The second-order valence-electron chi connectivity index (χ2n) is 4.80. The van der Waals surface area contributed by atoms with Crippen molar-refractivity contribution >= 4 is 5.95 Å². The molecule has 0 radical (unpaired) electrons. The minimum Gasteiger partial charge on any atom is -0.351 e. The number of hydrogen-bond acceptors (Lipinski definition) is 2. The first kappa shape index (κ1) is 13.5. The van der Waals surface area contributed by atoms with E-state index in [1.807, 2.05) is 31.5 Å².